The second kappa shape index (κ2) is 14.5. The zero-order valence-electron chi connectivity index (χ0n) is 24.6. The Kier molecular flexibility index (Phi) is 10.7. The van der Waals surface area contributed by atoms with Crippen molar-refractivity contribution in [2.45, 2.75) is 48.9 Å². The molecule has 0 radical (unpaired) electrons. The van der Waals surface area contributed by atoms with Gasteiger partial charge in [0.1, 0.15) is 10.6 Å². The molecule has 4 rings (SSSR count). The van der Waals surface area contributed by atoms with Gasteiger partial charge in [-0.1, -0.05) is 48.6 Å². The molecule has 0 aliphatic heterocycles. The number of anilines is 1. The largest absolute Gasteiger partial charge is 0.573 e. The van der Waals surface area contributed by atoms with Crippen LogP contribution in [0.5, 0.6) is 5.75 Å². The van der Waals surface area contributed by atoms with Crippen LogP contribution in [0.4, 0.5) is 23.7 Å². The van der Waals surface area contributed by atoms with Gasteiger partial charge in [-0.3, -0.25) is 9.59 Å². The van der Waals surface area contributed by atoms with Crippen molar-refractivity contribution in [3.05, 3.63) is 101 Å². The van der Waals surface area contributed by atoms with Crippen LogP contribution in [0.2, 0.25) is 0 Å². The molecule has 0 aromatic heterocycles. The van der Waals surface area contributed by atoms with E-state index in [1.54, 1.807) is 24.3 Å². The first-order valence-electron chi connectivity index (χ1n) is 14.2. The normalized spacial score (nSPS) is 15.4. The summed E-state index contributed by atoms with van der Waals surface area (Å²) >= 11 is 0. The Hall–Kier alpha value is -4.85. The molecule has 0 saturated carbocycles. The van der Waals surface area contributed by atoms with Crippen LogP contribution in [-0.4, -0.2) is 50.6 Å². The molecule has 10 nitrogen and oxygen atoms in total. The summed E-state index contributed by atoms with van der Waals surface area (Å²) in [6, 6.07) is 15.2. The number of ether oxygens (including phenoxy) is 1. The Bertz CT molecular complexity index is 1730. The van der Waals surface area contributed by atoms with Gasteiger partial charge >= 0.3 is 18.4 Å². The fourth-order valence-electron chi connectivity index (χ4n) is 5.16. The Morgan fingerprint density at radius 3 is 2.37 bits per heavy atom. The van der Waals surface area contributed by atoms with Gasteiger partial charge in [0.2, 0.25) is 0 Å². The molecule has 0 fully saturated rings. The number of alkyl halides is 3. The van der Waals surface area contributed by atoms with Crippen LogP contribution in [0, 0.1) is 0 Å². The lowest BCUT2D eigenvalue weighted by Crippen LogP contribution is -2.34. The number of carbonyl (C=O) groups excluding carboxylic acids is 2. The molecule has 2 atom stereocenters. The fraction of sp³-hybridized carbons (Fsp3) is 0.281. The minimum Gasteiger partial charge on any atom is -0.481 e. The van der Waals surface area contributed by atoms with Gasteiger partial charge in [-0.2, -0.15) is 0 Å². The molecule has 2 unspecified atom stereocenters. The molecule has 3 aromatic rings. The van der Waals surface area contributed by atoms with E-state index in [2.05, 4.69) is 32.8 Å². The number of hydrogen-bond acceptors (Lipinski definition) is 6. The summed E-state index contributed by atoms with van der Waals surface area (Å²) in [5.41, 5.74) is 2.56. The van der Waals surface area contributed by atoms with Crippen LogP contribution in [0.1, 0.15) is 64.7 Å². The van der Waals surface area contributed by atoms with E-state index in [9.17, 15) is 36.0 Å². The minimum atomic E-state index is -5.13. The average Bonchev–Trinajstić information content (AvgIpc) is 3.00. The van der Waals surface area contributed by atoms with Crippen LogP contribution in [0.3, 0.4) is 0 Å². The molecule has 0 spiro atoms. The van der Waals surface area contributed by atoms with Crippen LogP contribution in [0.25, 0.3) is 0 Å². The highest BCUT2D eigenvalue weighted by molar-refractivity contribution is 7.90. The standard InChI is InChI=1S/C32H32F3N3O7S/c1-46(43,44)27-19-23(15-16-26(27)45-32(33,34)35)37-31(42)38-29(25-10-6-5-9-24(25)20-7-3-2-4-8-20)21-11-13-22(14-12-21)30(41)36-18-17-28(39)40/h2-3,5-6,9-16,19-20,29H,4,7-8,17-18H2,1H3,(H,36,41)(H,39,40)(H2,37,38,42). The van der Waals surface area contributed by atoms with E-state index < -0.39 is 50.8 Å². The molecule has 3 aromatic carbocycles. The van der Waals surface area contributed by atoms with E-state index in [0.29, 0.717) is 5.56 Å². The quantitative estimate of drug-likeness (QED) is 0.186. The number of hydrogen-bond donors (Lipinski definition) is 4. The maximum atomic E-state index is 13.4. The van der Waals surface area contributed by atoms with Crippen LogP contribution in [-0.2, 0) is 14.6 Å². The predicted molar refractivity (Wildman–Crippen MR) is 163 cm³/mol. The molecule has 1 aliphatic rings. The van der Waals surface area contributed by atoms with Gasteiger partial charge in [-0.15, -0.1) is 13.2 Å². The Labute approximate surface area is 263 Å². The molecule has 1 aliphatic carbocycles. The number of nitrogens with one attached hydrogen (secondary N) is 3. The summed E-state index contributed by atoms with van der Waals surface area (Å²) in [5, 5.41) is 16.7. The molecule has 244 valence electrons. The zero-order valence-corrected chi connectivity index (χ0v) is 25.5. The van der Waals surface area contributed by atoms with Crippen LogP contribution in [0.15, 0.2) is 83.8 Å². The van der Waals surface area contributed by atoms with Gasteiger partial charge in [0.25, 0.3) is 5.91 Å². The molecule has 4 N–H and O–H groups in total. The van der Waals surface area contributed by atoms with Gasteiger partial charge < -0.3 is 25.8 Å². The average molecular weight is 660 g/mol. The van der Waals surface area contributed by atoms with Crippen molar-refractivity contribution in [2.75, 3.05) is 18.1 Å². The van der Waals surface area contributed by atoms with Gasteiger partial charge in [-0.05, 0) is 72.2 Å². The lowest BCUT2D eigenvalue weighted by Gasteiger charge is -2.27. The van der Waals surface area contributed by atoms with Crippen molar-refractivity contribution in [3.63, 3.8) is 0 Å². The second-order valence-electron chi connectivity index (χ2n) is 10.6. The number of carboxylic acid groups (broad SMARTS) is 1. The number of carbonyl (C=O) groups is 3. The van der Waals surface area contributed by atoms with E-state index in [4.69, 9.17) is 5.11 Å². The lowest BCUT2D eigenvalue weighted by molar-refractivity contribution is -0.275. The number of urea groups is 1. The molecule has 0 saturated heterocycles. The van der Waals surface area contributed by atoms with Crippen molar-refractivity contribution >= 4 is 33.4 Å². The number of amides is 3. The Morgan fingerprint density at radius 2 is 1.74 bits per heavy atom. The number of allylic oxidation sites excluding steroid dienone is 2. The maximum Gasteiger partial charge on any atom is 0.573 e. The van der Waals surface area contributed by atoms with E-state index >= 15 is 0 Å². The third-order valence-electron chi connectivity index (χ3n) is 7.25. The number of aliphatic carboxylic acids is 1. The third kappa shape index (κ3) is 9.33. The lowest BCUT2D eigenvalue weighted by atomic mass is 9.82. The number of benzene rings is 3. The maximum absolute atomic E-state index is 13.4. The first-order valence-corrected chi connectivity index (χ1v) is 16.1. The fourth-order valence-corrected chi connectivity index (χ4v) is 5.97. The smallest absolute Gasteiger partial charge is 0.481 e. The molecule has 0 heterocycles. The number of halogens is 3. The summed E-state index contributed by atoms with van der Waals surface area (Å²) in [6.07, 6.45) is 2.14. The molecule has 3 amide bonds. The van der Waals surface area contributed by atoms with Crippen molar-refractivity contribution in [2.24, 2.45) is 0 Å². The van der Waals surface area contributed by atoms with Gasteiger partial charge in [0.15, 0.2) is 9.84 Å². The van der Waals surface area contributed by atoms with Gasteiger partial charge in [0.05, 0.1) is 12.5 Å². The topological polar surface area (TPSA) is 151 Å². The van der Waals surface area contributed by atoms with Crippen molar-refractivity contribution in [3.8, 4) is 5.75 Å². The predicted octanol–water partition coefficient (Wildman–Crippen LogP) is 5.93. The highest BCUT2D eigenvalue weighted by atomic mass is 32.2. The van der Waals surface area contributed by atoms with Crippen molar-refractivity contribution in [1.82, 2.24) is 10.6 Å². The summed E-state index contributed by atoms with van der Waals surface area (Å²) in [4.78, 5) is 35.9. The first-order chi connectivity index (χ1) is 21.7. The number of carboxylic acids is 1. The number of rotatable bonds is 11. The van der Waals surface area contributed by atoms with E-state index in [1.165, 1.54) is 0 Å². The monoisotopic (exact) mass is 659 g/mol. The first kappa shape index (κ1) is 34.0. The molecule has 14 heteroatoms. The molecule has 46 heavy (non-hydrogen) atoms. The summed E-state index contributed by atoms with van der Waals surface area (Å²) in [6.45, 7) is -0.0478. The molecular formula is C32H32F3N3O7S. The highest BCUT2D eigenvalue weighted by Crippen LogP contribution is 2.36. The molecular weight excluding hydrogens is 627 g/mol. The van der Waals surface area contributed by atoms with Gasteiger partial charge in [-0.25, -0.2) is 13.2 Å². The molecule has 0 bridgehead atoms. The SMILES string of the molecule is CS(=O)(=O)c1cc(NC(=O)NC(c2ccc(C(=O)NCCC(=O)O)cc2)c2ccccc2C2CC=CCC2)ccc1OC(F)(F)F. The highest BCUT2D eigenvalue weighted by Gasteiger charge is 2.33. The summed E-state index contributed by atoms with van der Waals surface area (Å²) in [5.74, 6) is -2.27. The minimum absolute atomic E-state index is 0.0478. The van der Waals surface area contributed by atoms with E-state index in [-0.39, 0.29) is 30.1 Å². The van der Waals surface area contributed by atoms with Crippen molar-refractivity contribution < 1.29 is 45.8 Å². The van der Waals surface area contributed by atoms with E-state index in [0.717, 1.165) is 54.8 Å². The summed E-state index contributed by atoms with van der Waals surface area (Å²) < 4.78 is 66.9. The third-order valence-corrected chi connectivity index (χ3v) is 8.37. The Morgan fingerprint density at radius 1 is 1.02 bits per heavy atom. The van der Waals surface area contributed by atoms with E-state index in [1.807, 2.05) is 24.3 Å². The summed E-state index contributed by atoms with van der Waals surface area (Å²) in [7, 11) is -4.18. The van der Waals surface area contributed by atoms with Crippen molar-refractivity contribution in [1.29, 1.82) is 0 Å². The van der Waals surface area contributed by atoms with Crippen LogP contribution < -0.4 is 20.7 Å². The van der Waals surface area contributed by atoms with Gasteiger partial charge in [0, 0.05) is 24.1 Å². The zero-order chi connectivity index (χ0) is 33.5. The second-order valence-corrected chi connectivity index (χ2v) is 12.6. The number of sulfone groups is 1. The Balaban J connectivity index is 1.65. The van der Waals surface area contributed by atoms with Crippen LogP contribution >= 0.6 is 0 Å².